The van der Waals surface area contributed by atoms with Crippen molar-refractivity contribution in [2.75, 3.05) is 12.4 Å². The lowest BCUT2D eigenvalue weighted by Gasteiger charge is -2.06. The van der Waals surface area contributed by atoms with Crippen LogP contribution in [0.3, 0.4) is 0 Å². The van der Waals surface area contributed by atoms with Gasteiger partial charge in [0.2, 0.25) is 0 Å². The van der Waals surface area contributed by atoms with Crippen LogP contribution in [0, 0.1) is 5.82 Å². The minimum absolute atomic E-state index is 0.204. The van der Waals surface area contributed by atoms with Gasteiger partial charge in [0, 0.05) is 18.0 Å². The van der Waals surface area contributed by atoms with Crippen molar-refractivity contribution in [2.24, 2.45) is 0 Å². The molecule has 2 aromatic heterocycles. The molecule has 0 fully saturated rings. The van der Waals surface area contributed by atoms with Crippen LogP contribution in [-0.2, 0) is 0 Å². The van der Waals surface area contributed by atoms with Gasteiger partial charge in [-0.2, -0.15) is 5.10 Å². The van der Waals surface area contributed by atoms with E-state index in [1.54, 1.807) is 18.3 Å². The Morgan fingerprint density at radius 1 is 1.32 bits per heavy atom. The van der Waals surface area contributed by atoms with E-state index in [0.29, 0.717) is 17.0 Å². The third kappa shape index (κ3) is 2.08. The number of ether oxygens (including phenoxy) is 1. The number of nitrogens with zero attached hydrogens (tertiary/aromatic N) is 2. The molecule has 0 unspecified atom stereocenters. The summed E-state index contributed by atoms with van der Waals surface area (Å²) < 4.78 is 18.5. The molecule has 0 aliphatic carbocycles. The summed E-state index contributed by atoms with van der Waals surface area (Å²) in [6.45, 7) is 0. The molecular weight excluding hydrogens is 247 g/mol. The van der Waals surface area contributed by atoms with E-state index in [4.69, 9.17) is 4.74 Å². The van der Waals surface area contributed by atoms with E-state index in [2.05, 4.69) is 20.5 Å². The molecule has 0 atom stereocenters. The zero-order valence-electron chi connectivity index (χ0n) is 10.1. The van der Waals surface area contributed by atoms with Crippen LogP contribution in [0.1, 0.15) is 0 Å². The first-order chi connectivity index (χ1) is 9.28. The molecule has 0 spiro atoms. The Labute approximate surface area is 108 Å². The largest absolute Gasteiger partial charge is 0.494 e. The molecule has 3 aromatic rings. The zero-order valence-corrected chi connectivity index (χ0v) is 10.1. The highest BCUT2D eigenvalue weighted by Crippen LogP contribution is 2.25. The zero-order chi connectivity index (χ0) is 13.2. The number of benzene rings is 1. The highest BCUT2D eigenvalue weighted by molar-refractivity contribution is 5.87. The summed E-state index contributed by atoms with van der Waals surface area (Å²) >= 11 is 0. The number of anilines is 2. The molecule has 6 heteroatoms. The highest BCUT2D eigenvalue weighted by Gasteiger charge is 2.08. The van der Waals surface area contributed by atoms with Gasteiger partial charge in [-0.25, -0.2) is 4.39 Å². The number of hydrogen-bond donors (Lipinski definition) is 2. The molecule has 96 valence electrons. The van der Waals surface area contributed by atoms with Gasteiger partial charge in [-0.3, -0.25) is 10.1 Å². The molecule has 2 N–H and O–H groups in total. The van der Waals surface area contributed by atoms with Gasteiger partial charge >= 0.3 is 0 Å². The fraction of sp³-hybridized carbons (Fsp3) is 0.0769. The minimum atomic E-state index is -0.430. The molecule has 19 heavy (non-hydrogen) atoms. The van der Waals surface area contributed by atoms with Crippen LogP contribution in [0.5, 0.6) is 5.75 Å². The third-order valence-corrected chi connectivity index (χ3v) is 2.73. The lowest BCUT2D eigenvalue weighted by atomic mass is 10.3. The summed E-state index contributed by atoms with van der Waals surface area (Å²) in [5.41, 5.74) is 2.11. The van der Waals surface area contributed by atoms with Crippen molar-refractivity contribution >= 4 is 22.5 Å². The second kappa shape index (κ2) is 4.56. The number of fused-ring (bicyclic) bond motifs is 1. The van der Waals surface area contributed by atoms with Crippen LogP contribution in [0.15, 0.2) is 36.5 Å². The summed E-state index contributed by atoms with van der Waals surface area (Å²) in [5, 5.41) is 9.98. The van der Waals surface area contributed by atoms with E-state index in [9.17, 15) is 4.39 Å². The summed E-state index contributed by atoms with van der Waals surface area (Å²) in [6.07, 6.45) is 1.68. The topological polar surface area (TPSA) is 62.8 Å². The van der Waals surface area contributed by atoms with Gasteiger partial charge in [-0.1, -0.05) is 0 Å². The second-order valence-corrected chi connectivity index (χ2v) is 3.95. The van der Waals surface area contributed by atoms with Crippen LogP contribution >= 0.6 is 0 Å². The van der Waals surface area contributed by atoms with Gasteiger partial charge in [0.15, 0.2) is 17.4 Å². The van der Waals surface area contributed by atoms with Gasteiger partial charge in [0.05, 0.1) is 12.6 Å². The van der Waals surface area contributed by atoms with Gasteiger partial charge in [-0.15, -0.1) is 0 Å². The fourth-order valence-electron chi connectivity index (χ4n) is 1.82. The summed E-state index contributed by atoms with van der Waals surface area (Å²) in [4.78, 5) is 4.22. The Balaban J connectivity index is 1.95. The van der Waals surface area contributed by atoms with Crippen molar-refractivity contribution in [3.63, 3.8) is 0 Å². The van der Waals surface area contributed by atoms with Crippen molar-refractivity contribution < 1.29 is 9.13 Å². The predicted molar refractivity (Wildman–Crippen MR) is 70.1 cm³/mol. The van der Waals surface area contributed by atoms with Crippen molar-refractivity contribution in [2.45, 2.75) is 0 Å². The van der Waals surface area contributed by atoms with Crippen LogP contribution in [-0.4, -0.2) is 22.3 Å². The Bertz CT molecular complexity index is 725. The number of H-pyrrole nitrogens is 1. The average Bonchev–Trinajstić information content (AvgIpc) is 2.83. The Kier molecular flexibility index (Phi) is 2.75. The number of aromatic amines is 1. The molecule has 2 heterocycles. The molecule has 0 bridgehead atoms. The van der Waals surface area contributed by atoms with Crippen LogP contribution in [0.2, 0.25) is 0 Å². The fourth-order valence-corrected chi connectivity index (χ4v) is 1.82. The summed E-state index contributed by atoms with van der Waals surface area (Å²) in [6, 6.07) is 8.31. The van der Waals surface area contributed by atoms with E-state index in [1.165, 1.54) is 13.2 Å². The summed E-state index contributed by atoms with van der Waals surface area (Å²) in [7, 11) is 1.43. The SMILES string of the molecule is COc1ccc(Nc2n[nH]c3cccnc23)cc1F. The van der Waals surface area contributed by atoms with E-state index in [1.807, 2.05) is 12.1 Å². The van der Waals surface area contributed by atoms with E-state index < -0.39 is 5.82 Å². The lowest BCUT2D eigenvalue weighted by molar-refractivity contribution is 0.386. The molecule has 1 aromatic carbocycles. The molecule has 0 aliphatic heterocycles. The maximum absolute atomic E-state index is 13.6. The predicted octanol–water partition coefficient (Wildman–Crippen LogP) is 2.85. The van der Waals surface area contributed by atoms with Gasteiger partial charge in [0.1, 0.15) is 5.52 Å². The average molecular weight is 258 g/mol. The van der Waals surface area contributed by atoms with Gasteiger partial charge in [-0.05, 0) is 24.3 Å². The molecular formula is C13H11FN4O. The standard InChI is InChI=1S/C13H11FN4O/c1-19-11-5-4-8(7-9(11)14)16-13-12-10(17-18-13)3-2-6-15-12/h2-7H,1H3,(H2,16,17,18). The van der Waals surface area contributed by atoms with E-state index in [-0.39, 0.29) is 5.75 Å². The number of halogens is 1. The second-order valence-electron chi connectivity index (χ2n) is 3.95. The number of aromatic nitrogens is 3. The number of nitrogens with one attached hydrogen (secondary N) is 2. The first-order valence-corrected chi connectivity index (χ1v) is 5.67. The number of pyridine rings is 1. The van der Waals surface area contributed by atoms with Crippen LogP contribution in [0.4, 0.5) is 15.9 Å². The maximum Gasteiger partial charge on any atom is 0.178 e. The highest BCUT2D eigenvalue weighted by atomic mass is 19.1. The molecule has 0 saturated carbocycles. The van der Waals surface area contributed by atoms with Crippen molar-refractivity contribution in [1.29, 1.82) is 0 Å². The molecule has 5 nitrogen and oxygen atoms in total. The minimum Gasteiger partial charge on any atom is -0.494 e. The Hall–Kier alpha value is -2.63. The summed E-state index contributed by atoms with van der Waals surface area (Å²) in [5.74, 6) is 0.330. The Morgan fingerprint density at radius 2 is 2.21 bits per heavy atom. The molecule has 0 radical (unpaired) electrons. The Morgan fingerprint density at radius 3 is 3.00 bits per heavy atom. The first-order valence-electron chi connectivity index (χ1n) is 5.67. The van der Waals surface area contributed by atoms with Crippen molar-refractivity contribution in [3.8, 4) is 5.75 Å². The van der Waals surface area contributed by atoms with Gasteiger partial charge < -0.3 is 10.1 Å². The monoisotopic (exact) mass is 258 g/mol. The maximum atomic E-state index is 13.6. The normalized spacial score (nSPS) is 10.6. The quantitative estimate of drug-likeness (QED) is 0.758. The smallest absolute Gasteiger partial charge is 0.178 e. The number of hydrogen-bond acceptors (Lipinski definition) is 4. The first kappa shape index (κ1) is 11.5. The van der Waals surface area contributed by atoms with Crippen LogP contribution in [0.25, 0.3) is 11.0 Å². The van der Waals surface area contributed by atoms with E-state index >= 15 is 0 Å². The molecule has 0 amide bonds. The van der Waals surface area contributed by atoms with Crippen molar-refractivity contribution in [3.05, 3.63) is 42.3 Å². The number of rotatable bonds is 3. The van der Waals surface area contributed by atoms with Crippen LogP contribution < -0.4 is 10.1 Å². The molecule has 3 rings (SSSR count). The third-order valence-electron chi connectivity index (χ3n) is 2.73. The van der Waals surface area contributed by atoms with Crippen molar-refractivity contribution in [1.82, 2.24) is 15.2 Å². The number of methoxy groups -OCH3 is 1. The van der Waals surface area contributed by atoms with E-state index in [0.717, 1.165) is 5.52 Å². The van der Waals surface area contributed by atoms with Gasteiger partial charge in [0.25, 0.3) is 0 Å². The lowest BCUT2D eigenvalue weighted by Crippen LogP contribution is -1.94. The molecule has 0 aliphatic rings. The molecule has 0 saturated heterocycles.